The first kappa shape index (κ1) is 16.3. The summed E-state index contributed by atoms with van der Waals surface area (Å²) in [6.07, 6.45) is 0.573. The van der Waals surface area contributed by atoms with Crippen LogP contribution in [0.25, 0.3) is 0 Å². The maximum absolute atomic E-state index is 9.13. The Hall–Kier alpha value is -2.04. The van der Waals surface area contributed by atoms with Gasteiger partial charge < -0.3 is 19.9 Å². The molecular formula is C18H23NO3. The predicted octanol–water partition coefficient (Wildman–Crippen LogP) is 3.22. The van der Waals surface area contributed by atoms with Crippen molar-refractivity contribution in [3.63, 3.8) is 0 Å². The number of nitrogens with one attached hydrogen (secondary N) is 1. The Balaban J connectivity index is 1.74. The highest BCUT2D eigenvalue weighted by Gasteiger charge is 2.00. The molecule has 2 rings (SSSR count). The smallest absolute Gasteiger partial charge is 0.131 e. The van der Waals surface area contributed by atoms with Gasteiger partial charge in [0.2, 0.25) is 0 Å². The number of hydrogen-bond acceptors (Lipinski definition) is 4. The maximum Gasteiger partial charge on any atom is 0.131 e. The molecule has 0 aromatic heterocycles. The Kier molecular flexibility index (Phi) is 6.74. The van der Waals surface area contributed by atoms with E-state index in [1.807, 2.05) is 54.6 Å². The lowest BCUT2D eigenvalue weighted by atomic mass is 10.3. The van der Waals surface area contributed by atoms with Crippen molar-refractivity contribution in [3.8, 4) is 17.2 Å². The molecule has 2 aromatic rings. The van der Waals surface area contributed by atoms with Gasteiger partial charge in [0, 0.05) is 12.6 Å². The Morgan fingerprint density at radius 1 is 1.00 bits per heavy atom. The van der Waals surface area contributed by atoms with Crippen LogP contribution in [0.5, 0.6) is 17.2 Å². The number of aliphatic hydroxyl groups is 1. The topological polar surface area (TPSA) is 50.7 Å². The van der Waals surface area contributed by atoms with E-state index in [-0.39, 0.29) is 6.10 Å². The summed E-state index contributed by atoms with van der Waals surface area (Å²) < 4.78 is 11.5. The Labute approximate surface area is 131 Å². The largest absolute Gasteiger partial charge is 0.493 e. The molecule has 0 radical (unpaired) electrons. The molecule has 0 saturated heterocycles. The third-order valence-corrected chi connectivity index (χ3v) is 2.99. The first-order valence-electron chi connectivity index (χ1n) is 7.58. The lowest BCUT2D eigenvalue weighted by Crippen LogP contribution is -2.26. The van der Waals surface area contributed by atoms with Crippen molar-refractivity contribution in [2.75, 3.05) is 19.7 Å². The molecule has 0 heterocycles. The minimum absolute atomic E-state index is 0.312. The molecule has 0 bridgehead atoms. The Morgan fingerprint density at radius 3 is 2.50 bits per heavy atom. The van der Waals surface area contributed by atoms with E-state index in [0.29, 0.717) is 13.2 Å². The van der Waals surface area contributed by atoms with Crippen molar-refractivity contribution in [3.05, 3.63) is 54.6 Å². The first-order valence-corrected chi connectivity index (χ1v) is 7.58. The van der Waals surface area contributed by atoms with Crippen molar-refractivity contribution in [2.24, 2.45) is 0 Å². The molecule has 118 valence electrons. The fourth-order valence-electron chi connectivity index (χ4n) is 1.95. The molecule has 0 aliphatic rings. The predicted molar refractivity (Wildman–Crippen MR) is 87.6 cm³/mol. The molecule has 0 spiro atoms. The molecule has 2 N–H and O–H groups in total. The van der Waals surface area contributed by atoms with E-state index >= 15 is 0 Å². The second-order valence-electron chi connectivity index (χ2n) is 5.15. The van der Waals surface area contributed by atoms with Crippen molar-refractivity contribution in [1.82, 2.24) is 5.32 Å². The fourth-order valence-corrected chi connectivity index (χ4v) is 1.95. The SMILES string of the molecule is C[C@@H](O)CNCCCOc1cccc(Oc2ccccc2)c1. The van der Waals surface area contributed by atoms with Gasteiger partial charge in [0.1, 0.15) is 17.2 Å². The van der Waals surface area contributed by atoms with Gasteiger partial charge in [-0.2, -0.15) is 0 Å². The number of benzene rings is 2. The van der Waals surface area contributed by atoms with Crippen LogP contribution in [0.4, 0.5) is 0 Å². The zero-order valence-corrected chi connectivity index (χ0v) is 12.9. The highest BCUT2D eigenvalue weighted by molar-refractivity contribution is 5.36. The molecule has 4 nitrogen and oxygen atoms in total. The summed E-state index contributed by atoms with van der Waals surface area (Å²) in [4.78, 5) is 0. The van der Waals surface area contributed by atoms with Crippen LogP contribution in [0.3, 0.4) is 0 Å². The standard InChI is InChI=1S/C18H23NO3/c1-15(20)14-19-11-6-12-21-17-9-5-10-18(13-17)22-16-7-3-2-4-8-16/h2-5,7-10,13,15,19-20H,6,11-12,14H2,1H3/t15-/m1/s1. The van der Waals surface area contributed by atoms with Crippen LogP contribution in [-0.4, -0.2) is 30.9 Å². The van der Waals surface area contributed by atoms with Gasteiger partial charge in [0.15, 0.2) is 0 Å². The second kappa shape index (κ2) is 9.07. The maximum atomic E-state index is 9.13. The molecule has 0 unspecified atom stereocenters. The van der Waals surface area contributed by atoms with Gasteiger partial charge in [-0.25, -0.2) is 0 Å². The summed E-state index contributed by atoms with van der Waals surface area (Å²) in [5.74, 6) is 2.36. The number of ether oxygens (including phenoxy) is 2. The van der Waals surface area contributed by atoms with Gasteiger partial charge in [-0.05, 0) is 44.2 Å². The third-order valence-electron chi connectivity index (χ3n) is 2.99. The van der Waals surface area contributed by atoms with Gasteiger partial charge >= 0.3 is 0 Å². The van der Waals surface area contributed by atoms with E-state index < -0.39 is 0 Å². The molecule has 22 heavy (non-hydrogen) atoms. The zero-order chi connectivity index (χ0) is 15.6. The van der Waals surface area contributed by atoms with Crippen LogP contribution in [0.15, 0.2) is 54.6 Å². The van der Waals surface area contributed by atoms with E-state index in [1.54, 1.807) is 6.92 Å². The summed E-state index contributed by atoms with van der Waals surface area (Å²) in [5, 5.41) is 12.3. The summed E-state index contributed by atoms with van der Waals surface area (Å²) >= 11 is 0. The minimum atomic E-state index is -0.312. The molecule has 0 aliphatic heterocycles. The lowest BCUT2D eigenvalue weighted by molar-refractivity contribution is 0.190. The van der Waals surface area contributed by atoms with Gasteiger partial charge in [0.25, 0.3) is 0 Å². The summed E-state index contributed by atoms with van der Waals surface area (Å²) in [6, 6.07) is 17.3. The van der Waals surface area contributed by atoms with Crippen LogP contribution in [0.2, 0.25) is 0 Å². The van der Waals surface area contributed by atoms with E-state index in [2.05, 4.69) is 5.32 Å². The quantitative estimate of drug-likeness (QED) is 0.698. The third kappa shape index (κ3) is 6.16. The Bertz CT molecular complexity index is 543. The molecular weight excluding hydrogens is 278 g/mol. The van der Waals surface area contributed by atoms with Crippen molar-refractivity contribution < 1.29 is 14.6 Å². The zero-order valence-electron chi connectivity index (χ0n) is 12.9. The molecule has 4 heteroatoms. The molecule has 0 aliphatic carbocycles. The summed E-state index contributed by atoms with van der Waals surface area (Å²) in [6.45, 7) is 3.83. The van der Waals surface area contributed by atoms with Crippen LogP contribution >= 0.6 is 0 Å². The fraction of sp³-hybridized carbons (Fsp3) is 0.333. The summed E-state index contributed by atoms with van der Waals surface area (Å²) in [7, 11) is 0. The monoisotopic (exact) mass is 301 g/mol. The average Bonchev–Trinajstić information content (AvgIpc) is 2.52. The highest BCUT2D eigenvalue weighted by atomic mass is 16.5. The van der Waals surface area contributed by atoms with Gasteiger partial charge in [-0.15, -0.1) is 0 Å². The van der Waals surface area contributed by atoms with Crippen LogP contribution < -0.4 is 14.8 Å². The second-order valence-corrected chi connectivity index (χ2v) is 5.15. The van der Waals surface area contributed by atoms with E-state index in [4.69, 9.17) is 14.6 Å². The number of aliphatic hydroxyl groups excluding tert-OH is 1. The highest BCUT2D eigenvalue weighted by Crippen LogP contribution is 2.24. The first-order chi connectivity index (χ1) is 10.7. The number of hydrogen-bond donors (Lipinski definition) is 2. The van der Waals surface area contributed by atoms with Crippen molar-refractivity contribution >= 4 is 0 Å². The van der Waals surface area contributed by atoms with Gasteiger partial charge in [0.05, 0.1) is 12.7 Å². The Morgan fingerprint density at radius 2 is 1.73 bits per heavy atom. The van der Waals surface area contributed by atoms with Crippen LogP contribution in [-0.2, 0) is 0 Å². The van der Waals surface area contributed by atoms with Crippen molar-refractivity contribution in [2.45, 2.75) is 19.4 Å². The molecule has 0 saturated carbocycles. The molecule has 0 fully saturated rings. The average molecular weight is 301 g/mol. The van der Waals surface area contributed by atoms with E-state index in [0.717, 1.165) is 30.2 Å². The molecule has 0 amide bonds. The number of para-hydroxylation sites is 1. The van der Waals surface area contributed by atoms with Gasteiger partial charge in [-0.3, -0.25) is 0 Å². The summed E-state index contributed by atoms with van der Waals surface area (Å²) in [5.41, 5.74) is 0. The molecule has 2 aromatic carbocycles. The number of rotatable bonds is 9. The molecule has 1 atom stereocenters. The lowest BCUT2D eigenvalue weighted by Gasteiger charge is -2.10. The van der Waals surface area contributed by atoms with Gasteiger partial charge in [-0.1, -0.05) is 24.3 Å². The normalized spacial score (nSPS) is 11.9. The van der Waals surface area contributed by atoms with Crippen molar-refractivity contribution in [1.29, 1.82) is 0 Å². The van der Waals surface area contributed by atoms with Crippen LogP contribution in [0.1, 0.15) is 13.3 Å². The van der Waals surface area contributed by atoms with E-state index in [9.17, 15) is 0 Å². The van der Waals surface area contributed by atoms with E-state index in [1.165, 1.54) is 0 Å². The minimum Gasteiger partial charge on any atom is -0.493 e. The van der Waals surface area contributed by atoms with Crippen LogP contribution in [0, 0.1) is 0 Å².